The molecule has 0 amide bonds. The summed E-state index contributed by atoms with van der Waals surface area (Å²) in [6.45, 7) is 0.991. The highest BCUT2D eigenvalue weighted by molar-refractivity contribution is 8.00. The summed E-state index contributed by atoms with van der Waals surface area (Å²) >= 11 is 9.57. The van der Waals surface area contributed by atoms with Crippen LogP contribution < -0.4 is 5.32 Å². The van der Waals surface area contributed by atoms with E-state index in [1.807, 2.05) is 35.0 Å². The van der Waals surface area contributed by atoms with Crippen molar-refractivity contribution in [2.75, 3.05) is 17.6 Å². The van der Waals surface area contributed by atoms with Gasteiger partial charge in [-0.15, -0.1) is 5.10 Å². The van der Waals surface area contributed by atoms with Gasteiger partial charge in [0.15, 0.2) is 0 Å². The first-order valence-corrected chi connectivity index (χ1v) is 9.50. The summed E-state index contributed by atoms with van der Waals surface area (Å²) in [6, 6.07) is 7.71. The van der Waals surface area contributed by atoms with Gasteiger partial charge in [-0.3, -0.25) is 0 Å². The quantitative estimate of drug-likeness (QED) is 0.756. The van der Waals surface area contributed by atoms with Gasteiger partial charge in [-0.2, -0.15) is 11.8 Å². The molecule has 1 aromatic carbocycles. The maximum atomic E-state index is 5.92. The van der Waals surface area contributed by atoms with E-state index >= 15 is 0 Å². The maximum Gasteiger partial charge on any atom is 0.214 e. The lowest BCUT2D eigenvalue weighted by Crippen LogP contribution is -2.13. The second-order valence-corrected chi connectivity index (χ2v) is 8.08. The van der Waals surface area contributed by atoms with E-state index in [0.717, 1.165) is 38.2 Å². The van der Waals surface area contributed by atoms with Gasteiger partial charge in [-0.1, -0.05) is 35.1 Å². The van der Waals surface area contributed by atoms with Crippen LogP contribution in [-0.4, -0.2) is 32.1 Å². The highest BCUT2D eigenvalue weighted by atomic mass is 35.5. The van der Waals surface area contributed by atoms with Crippen LogP contribution in [0.3, 0.4) is 0 Å². The molecule has 0 aliphatic carbocycles. The molecule has 4 rings (SSSR count). The SMILES string of the molecule is Clc1ccc(-c2cn3nc(NCC4CCCS4)sc3n2)cc1. The van der Waals surface area contributed by atoms with Crippen LogP contribution in [0, 0.1) is 0 Å². The predicted molar refractivity (Wildman–Crippen MR) is 95.3 cm³/mol. The van der Waals surface area contributed by atoms with E-state index in [2.05, 4.69) is 27.2 Å². The van der Waals surface area contributed by atoms with Crippen molar-refractivity contribution < 1.29 is 0 Å². The smallest absolute Gasteiger partial charge is 0.214 e. The van der Waals surface area contributed by atoms with Gasteiger partial charge in [-0.05, 0) is 30.7 Å². The molecule has 4 nitrogen and oxygen atoms in total. The molecular formula is C15H15ClN4S2. The topological polar surface area (TPSA) is 42.2 Å². The summed E-state index contributed by atoms with van der Waals surface area (Å²) in [5.74, 6) is 1.29. The van der Waals surface area contributed by atoms with Crippen LogP contribution in [0.4, 0.5) is 5.13 Å². The van der Waals surface area contributed by atoms with Crippen molar-refractivity contribution in [3.8, 4) is 11.3 Å². The number of thioether (sulfide) groups is 1. The van der Waals surface area contributed by atoms with Crippen molar-refractivity contribution in [1.82, 2.24) is 14.6 Å². The van der Waals surface area contributed by atoms with Crippen molar-refractivity contribution >= 4 is 44.8 Å². The molecule has 1 N–H and O–H groups in total. The lowest BCUT2D eigenvalue weighted by molar-refractivity contribution is 0.802. The van der Waals surface area contributed by atoms with Crippen LogP contribution in [0.2, 0.25) is 5.02 Å². The summed E-state index contributed by atoms with van der Waals surface area (Å²) in [5.41, 5.74) is 1.98. The fraction of sp³-hybridized carbons (Fsp3) is 0.333. The number of rotatable bonds is 4. The molecule has 1 atom stereocenters. The number of imidazole rings is 1. The number of hydrogen-bond donors (Lipinski definition) is 1. The van der Waals surface area contributed by atoms with Crippen LogP contribution >= 0.6 is 34.7 Å². The van der Waals surface area contributed by atoms with Crippen LogP contribution in [0.15, 0.2) is 30.5 Å². The number of fused-ring (bicyclic) bond motifs is 1. The van der Waals surface area contributed by atoms with E-state index in [-0.39, 0.29) is 0 Å². The van der Waals surface area contributed by atoms with Crippen molar-refractivity contribution in [2.24, 2.45) is 0 Å². The van der Waals surface area contributed by atoms with E-state index in [1.165, 1.54) is 18.6 Å². The first-order chi connectivity index (χ1) is 10.8. The molecule has 114 valence electrons. The Kier molecular flexibility index (Phi) is 3.98. The summed E-state index contributed by atoms with van der Waals surface area (Å²) in [7, 11) is 0. The number of halogens is 1. The minimum atomic E-state index is 0.723. The number of anilines is 1. The minimum absolute atomic E-state index is 0.723. The zero-order valence-corrected chi connectivity index (χ0v) is 14.2. The molecule has 7 heteroatoms. The second-order valence-electron chi connectivity index (χ2n) is 5.28. The lowest BCUT2D eigenvalue weighted by Gasteiger charge is -2.07. The summed E-state index contributed by atoms with van der Waals surface area (Å²) < 4.78 is 1.85. The molecule has 3 aromatic rings. The first kappa shape index (κ1) is 14.4. The molecule has 1 saturated heterocycles. The normalized spacial score (nSPS) is 18.1. The Morgan fingerprint density at radius 1 is 1.32 bits per heavy atom. The van der Waals surface area contributed by atoms with Gasteiger partial charge >= 0.3 is 0 Å². The Morgan fingerprint density at radius 2 is 2.18 bits per heavy atom. The number of aromatic nitrogens is 3. The van der Waals surface area contributed by atoms with Crippen molar-refractivity contribution in [3.05, 3.63) is 35.5 Å². The lowest BCUT2D eigenvalue weighted by atomic mass is 10.2. The third-order valence-electron chi connectivity index (χ3n) is 3.69. The van der Waals surface area contributed by atoms with Crippen molar-refractivity contribution in [3.63, 3.8) is 0 Å². The van der Waals surface area contributed by atoms with E-state index in [0.29, 0.717) is 0 Å². The Morgan fingerprint density at radius 3 is 2.91 bits per heavy atom. The standard InChI is InChI=1S/C15H15ClN4S2/c16-11-5-3-10(4-6-11)13-9-20-15(18-13)22-14(19-20)17-8-12-2-1-7-21-12/h3-6,9,12H,1-2,7-8H2,(H,17,19). The second kappa shape index (κ2) is 6.10. The maximum absolute atomic E-state index is 5.92. The largest absolute Gasteiger partial charge is 0.359 e. The third-order valence-corrected chi connectivity index (χ3v) is 6.22. The summed E-state index contributed by atoms with van der Waals surface area (Å²) in [5, 5.41) is 10.4. The van der Waals surface area contributed by atoms with E-state index in [4.69, 9.17) is 11.6 Å². The fourth-order valence-corrected chi connectivity index (χ4v) is 4.65. The molecule has 1 aliphatic rings. The molecule has 1 aliphatic heterocycles. The molecule has 0 bridgehead atoms. The zero-order chi connectivity index (χ0) is 14.9. The monoisotopic (exact) mass is 350 g/mol. The Labute approximate surface area is 141 Å². The zero-order valence-electron chi connectivity index (χ0n) is 11.8. The van der Waals surface area contributed by atoms with Gasteiger partial charge in [-0.25, -0.2) is 9.50 Å². The van der Waals surface area contributed by atoms with Crippen molar-refractivity contribution in [1.29, 1.82) is 0 Å². The van der Waals surface area contributed by atoms with Gasteiger partial charge in [0, 0.05) is 22.4 Å². The van der Waals surface area contributed by atoms with Crippen molar-refractivity contribution in [2.45, 2.75) is 18.1 Å². The molecule has 3 heterocycles. The number of benzene rings is 1. The van der Waals surface area contributed by atoms with E-state index in [1.54, 1.807) is 11.3 Å². The Hall–Kier alpha value is -1.24. The average Bonchev–Trinajstić information content (AvgIpc) is 3.21. The van der Waals surface area contributed by atoms with E-state index < -0.39 is 0 Å². The molecular weight excluding hydrogens is 336 g/mol. The van der Waals surface area contributed by atoms with Gasteiger partial charge < -0.3 is 5.32 Å². The van der Waals surface area contributed by atoms with Gasteiger partial charge in [0.1, 0.15) is 0 Å². The van der Waals surface area contributed by atoms with E-state index in [9.17, 15) is 0 Å². The predicted octanol–water partition coefficient (Wildman–Crippen LogP) is 4.42. The molecule has 1 unspecified atom stereocenters. The number of nitrogens with one attached hydrogen (secondary N) is 1. The van der Waals surface area contributed by atoms with Gasteiger partial charge in [0.2, 0.25) is 10.1 Å². The summed E-state index contributed by atoms with van der Waals surface area (Å²) in [4.78, 5) is 5.55. The van der Waals surface area contributed by atoms with Gasteiger partial charge in [0.25, 0.3) is 0 Å². The third kappa shape index (κ3) is 2.95. The van der Waals surface area contributed by atoms with Gasteiger partial charge in [0.05, 0.1) is 11.9 Å². The Bertz CT molecular complexity index is 743. The van der Waals surface area contributed by atoms with Crippen LogP contribution in [0.1, 0.15) is 12.8 Å². The molecule has 2 aromatic heterocycles. The number of nitrogens with zero attached hydrogens (tertiary/aromatic N) is 3. The van der Waals surface area contributed by atoms with Crippen LogP contribution in [0.5, 0.6) is 0 Å². The molecule has 22 heavy (non-hydrogen) atoms. The first-order valence-electron chi connectivity index (χ1n) is 7.25. The molecule has 1 fully saturated rings. The number of hydrogen-bond acceptors (Lipinski definition) is 5. The minimum Gasteiger partial charge on any atom is -0.359 e. The Balaban J connectivity index is 1.50. The van der Waals surface area contributed by atoms with Crippen LogP contribution in [-0.2, 0) is 0 Å². The fourth-order valence-electron chi connectivity index (χ4n) is 2.54. The molecule has 0 radical (unpaired) electrons. The average molecular weight is 351 g/mol. The molecule has 0 spiro atoms. The molecule has 0 saturated carbocycles. The summed E-state index contributed by atoms with van der Waals surface area (Å²) in [6.07, 6.45) is 4.61. The highest BCUT2D eigenvalue weighted by Gasteiger charge is 2.16. The van der Waals surface area contributed by atoms with Crippen LogP contribution in [0.25, 0.3) is 16.2 Å². The highest BCUT2D eigenvalue weighted by Crippen LogP contribution is 2.28.